The molecule has 1 aliphatic rings. The lowest BCUT2D eigenvalue weighted by atomic mass is 9.95. The van der Waals surface area contributed by atoms with Gasteiger partial charge in [-0.2, -0.15) is 0 Å². The van der Waals surface area contributed by atoms with Crippen molar-refractivity contribution in [2.45, 2.75) is 31.8 Å². The number of rotatable bonds is 6. The minimum atomic E-state index is -0.221. The Morgan fingerprint density at radius 3 is 2.76 bits per heavy atom. The highest BCUT2D eigenvalue weighted by Crippen LogP contribution is 2.35. The summed E-state index contributed by atoms with van der Waals surface area (Å²) in [6.07, 6.45) is 1.66. The van der Waals surface area contributed by atoms with Gasteiger partial charge in [0.1, 0.15) is 5.75 Å². The van der Waals surface area contributed by atoms with Gasteiger partial charge in [0.2, 0.25) is 5.91 Å². The molecule has 4 N–H and O–H groups in total. The molecule has 1 heterocycles. The number of carbonyl (C=O) groups excluding carboxylic acids is 1. The zero-order chi connectivity index (χ0) is 15.4. The van der Waals surface area contributed by atoms with E-state index in [0.29, 0.717) is 6.54 Å². The Kier molecular flexibility index (Phi) is 5.20. The van der Waals surface area contributed by atoms with E-state index >= 15 is 0 Å². The molecule has 0 aliphatic carbocycles. The topological polar surface area (TPSA) is 81.6 Å². The maximum Gasteiger partial charge on any atom is 0.221 e. The molecule has 5 heteroatoms. The molecule has 1 fully saturated rings. The van der Waals surface area contributed by atoms with E-state index in [1.807, 2.05) is 18.2 Å². The van der Waals surface area contributed by atoms with Crippen LogP contribution in [0.2, 0.25) is 0 Å². The number of amides is 1. The van der Waals surface area contributed by atoms with Crippen LogP contribution in [0.1, 0.15) is 31.4 Å². The lowest BCUT2D eigenvalue weighted by molar-refractivity contribution is -0.121. The molecule has 0 bridgehead atoms. The highest BCUT2D eigenvalue weighted by Gasteiger charge is 2.35. The fourth-order valence-corrected chi connectivity index (χ4v) is 3.10. The molecule has 1 aromatic carbocycles. The fourth-order valence-electron chi connectivity index (χ4n) is 3.10. The maximum atomic E-state index is 11.4. The van der Waals surface area contributed by atoms with Gasteiger partial charge in [-0.1, -0.05) is 25.1 Å². The molecule has 116 valence electrons. The van der Waals surface area contributed by atoms with Crippen molar-refractivity contribution in [2.75, 3.05) is 20.2 Å². The summed E-state index contributed by atoms with van der Waals surface area (Å²) in [5.74, 6) is 0.543. The van der Waals surface area contributed by atoms with Crippen LogP contribution in [0.5, 0.6) is 5.75 Å². The highest BCUT2D eigenvalue weighted by molar-refractivity contribution is 5.77. The SMILES string of the molecule is CCC(N)C(c1ccccc1OC)N1CCC(C(N)=O)C1. The van der Waals surface area contributed by atoms with E-state index in [2.05, 4.69) is 17.9 Å². The predicted octanol–water partition coefficient (Wildman–Crippen LogP) is 1.28. The van der Waals surface area contributed by atoms with E-state index < -0.39 is 0 Å². The quantitative estimate of drug-likeness (QED) is 0.827. The molecular formula is C16H25N3O2. The van der Waals surface area contributed by atoms with Crippen molar-refractivity contribution in [2.24, 2.45) is 17.4 Å². The summed E-state index contributed by atoms with van der Waals surface area (Å²) >= 11 is 0. The first kappa shape index (κ1) is 15.8. The highest BCUT2D eigenvalue weighted by atomic mass is 16.5. The summed E-state index contributed by atoms with van der Waals surface area (Å²) in [4.78, 5) is 13.7. The smallest absolute Gasteiger partial charge is 0.221 e. The van der Waals surface area contributed by atoms with Crippen LogP contribution in [-0.2, 0) is 4.79 Å². The summed E-state index contributed by atoms with van der Waals surface area (Å²) in [6, 6.07) is 7.99. The van der Waals surface area contributed by atoms with Crippen LogP contribution in [0.3, 0.4) is 0 Å². The molecule has 5 nitrogen and oxygen atoms in total. The van der Waals surface area contributed by atoms with Gasteiger partial charge in [0.25, 0.3) is 0 Å². The molecule has 1 saturated heterocycles. The van der Waals surface area contributed by atoms with Crippen LogP contribution < -0.4 is 16.2 Å². The summed E-state index contributed by atoms with van der Waals surface area (Å²) in [5.41, 5.74) is 12.9. The molecule has 0 radical (unpaired) electrons. The van der Waals surface area contributed by atoms with E-state index in [1.54, 1.807) is 7.11 Å². The molecular weight excluding hydrogens is 266 g/mol. The Bertz CT molecular complexity index is 492. The van der Waals surface area contributed by atoms with Crippen LogP contribution >= 0.6 is 0 Å². The van der Waals surface area contributed by atoms with Crippen LogP contribution in [0.15, 0.2) is 24.3 Å². The van der Waals surface area contributed by atoms with Gasteiger partial charge in [-0.05, 0) is 25.5 Å². The minimum absolute atomic E-state index is 0.00655. The van der Waals surface area contributed by atoms with Gasteiger partial charge >= 0.3 is 0 Å². The van der Waals surface area contributed by atoms with Crippen molar-refractivity contribution < 1.29 is 9.53 Å². The van der Waals surface area contributed by atoms with Crippen molar-refractivity contribution in [3.05, 3.63) is 29.8 Å². The number of likely N-dealkylation sites (tertiary alicyclic amines) is 1. The second-order valence-electron chi connectivity index (χ2n) is 5.64. The molecule has 0 saturated carbocycles. The van der Waals surface area contributed by atoms with Gasteiger partial charge in [0.15, 0.2) is 0 Å². The normalized spacial score (nSPS) is 22.0. The number of para-hydroxylation sites is 1. The first-order chi connectivity index (χ1) is 10.1. The van der Waals surface area contributed by atoms with E-state index in [4.69, 9.17) is 16.2 Å². The molecule has 3 unspecified atom stereocenters. The Morgan fingerprint density at radius 1 is 1.48 bits per heavy atom. The third-order valence-corrected chi connectivity index (χ3v) is 4.35. The zero-order valence-electron chi connectivity index (χ0n) is 12.8. The second-order valence-corrected chi connectivity index (χ2v) is 5.64. The molecule has 1 amide bonds. The molecule has 21 heavy (non-hydrogen) atoms. The summed E-state index contributed by atoms with van der Waals surface area (Å²) in [5, 5.41) is 0. The van der Waals surface area contributed by atoms with E-state index in [9.17, 15) is 4.79 Å². The van der Waals surface area contributed by atoms with Crippen molar-refractivity contribution in [3.8, 4) is 5.75 Å². The van der Waals surface area contributed by atoms with E-state index in [0.717, 1.165) is 30.7 Å². The molecule has 0 spiro atoms. The number of ether oxygens (including phenoxy) is 1. The molecule has 1 aliphatic heterocycles. The van der Waals surface area contributed by atoms with E-state index in [-0.39, 0.29) is 23.9 Å². The first-order valence-corrected chi connectivity index (χ1v) is 7.50. The number of carbonyl (C=O) groups is 1. The largest absolute Gasteiger partial charge is 0.496 e. The summed E-state index contributed by atoms with van der Waals surface area (Å²) in [6.45, 7) is 3.59. The third-order valence-electron chi connectivity index (χ3n) is 4.35. The molecule has 1 aromatic rings. The summed E-state index contributed by atoms with van der Waals surface area (Å²) < 4.78 is 5.48. The van der Waals surface area contributed by atoms with Gasteiger partial charge < -0.3 is 16.2 Å². The monoisotopic (exact) mass is 291 g/mol. The lowest BCUT2D eigenvalue weighted by Gasteiger charge is -2.33. The Morgan fingerprint density at radius 2 is 2.19 bits per heavy atom. The average Bonchev–Trinajstić information content (AvgIpc) is 2.97. The second kappa shape index (κ2) is 6.91. The molecule has 3 atom stereocenters. The van der Waals surface area contributed by atoms with Crippen LogP contribution in [0, 0.1) is 5.92 Å². The van der Waals surface area contributed by atoms with Gasteiger partial charge in [-0.15, -0.1) is 0 Å². The number of hydrogen-bond acceptors (Lipinski definition) is 4. The minimum Gasteiger partial charge on any atom is -0.496 e. The van der Waals surface area contributed by atoms with Crippen molar-refractivity contribution in [1.82, 2.24) is 4.90 Å². The fraction of sp³-hybridized carbons (Fsp3) is 0.562. The number of primary amides is 1. The number of methoxy groups -OCH3 is 1. The van der Waals surface area contributed by atoms with Crippen LogP contribution in [0.4, 0.5) is 0 Å². The standard InChI is InChI=1S/C16H25N3O2/c1-3-13(17)15(12-6-4-5-7-14(12)21-2)19-9-8-11(10-19)16(18)20/h4-7,11,13,15H,3,8-10,17H2,1-2H3,(H2,18,20). The number of benzene rings is 1. The van der Waals surface area contributed by atoms with E-state index in [1.165, 1.54) is 0 Å². The Hall–Kier alpha value is -1.59. The van der Waals surface area contributed by atoms with Crippen LogP contribution in [-0.4, -0.2) is 37.0 Å². The van der Waals surface area contributed by atoms with Gasteiger partial charge in [0.05, 0.1) is 19.1 Å². The van der Waals surface area contributed by atoms with Gasteiger partial charge in [-0.25, -0.2) is 0 Å². The zero-order valence-corrected chi connectivity index (χ0v) is 12.8. The van der Waals surface area contributed by atoms with Gasteiger partial charge in [0, 0.05) is 18.2 Å². The number of nitrogens with two attached hydrogens (primary N) is 2. The lowest BCUT2D eigenvalue weighted by Crippen LogP contribution is -2.40. The third kappa shape index (κ3) is 3.36. The average molecular weight is 291 g/mol. The molecule has 0 aromatic heterocycles. The van der Waals surface area contributed by atoms with Crippen LogP contribution in [0.25, 0.3) is 0 Å². The number of nitrogens with zero attached hydrogens (tertiary/aromatic N) is 1. The maximum absolute atomic E-state index is 11.4. The van der Waals surface area contributed by atoms with Crippen molar-refractivity contribution in [3.63, 3.8) is 0 Å². The number of hydrogen-bond donors (Lipinski definition) is 2. The Balaban J connectivity index is 2.29. The molecule has 2 rings (SSSR count). The Labute approximate surface area is 126 Å². The first-order valence-electron chi connectivity index (χ1n) is 7.50. The van der Waals surface area contributed by atoms with Gasteiger partial charge in [-0.3, -0.25) is 9.69 Å². The predicted molar refractivity (Wildman–Crippen MR) is 82.9 cm³/mol. The van der Waals surface area contributed by atoms with Crippen molar-refractivity contribution in [1.29, 1.82) is 0 Å². The van der Waals surface area contributed by atoms with Crippen molar-refractivity contribution >= 4 is 5.91 Å². The summed E-state index contributed by atoms with van der Waals surface area (Å²) in [7, 11) is 1.67.